The molecule has 1 aromatic carbocycles. The topological polar surface area (TPSA) is 58.6 Å². The van der Waals surface area contributed by atoms with Crippen molar-refractivity contribution in [3.8, 4) is 5.75 Å². The number of rotatable bonds is 5. The lowest BCUT2D eigenvalue weighted by molar-refractivity contribution is -0.145. The Morgan fingerprint density at radius 2 is 2.19 bits per heavy atom. The van der Waals surface area contributed by atoms with Crippen LogP contribution < -0.4 is 10.1 Å². The normalized spacial score (nSPS) is 18.6. The first-order valence-corrected chi connectivity index (χ1v) is 7.34. The number of piperazine rings is 1. The average Bonchev–Trinajstić information content (AvgIpc) is 2.46. The molecule has 1 N–H and O–H groups in total. The lowest BCUT2D eigenvalue weighted by Crippen LogP contribution is -2.57. The van der Waals surface area contributed by atoms with E-state index in [-0.39, 0.29) is 24.9 Å². The van der Waals surface area contributed by atoms with Crippen LogP contribution in [0, 0.1) is 0 Å². The van der Waals surface area contributed by atoms with Crippen LogP contribution >= 0.6 is 11.6 Å². The van der Waals surface area contributed by atoms with Crippen LogP contribution in [-0.4, -0.2) is 36.4 Å². The van der Waals surface area contributed by atoms with Crippen LogP contribution in [0.2, 0.25) is 5.02 Å². The zero-order valence-corrected chi connectivity index (χ0v) is 12.9. The smallest absolute Gasteiger partial charge is 0.245 e. The van der Waals surface area contributed by atoms with Gasteiger partial charge in [0.05, 0.1) is 20.2 Å². The third-order valence-corrected chi connectivity index (χ3v) is 3.86. The van der Waals surface area contributed by atoms with E-state index in [0.717, 1.165) is 12.0 Å². The molecule has 1 heterocycles. The highest BCUT2D eigenvalue weighted by Crippen LogP contribution is 2.28. The van der Waals surface area contributed by atoms with Gasteiger partial charge in [-0.2, -0.15) is 0 Å². The summed E-state index contributed by atoms with van der Waals surface area (Å²) in [7, 11) is 1.56. The minimum Gasteiger partial charge on any atom is -0.496 e. The Bertz CT molecular complexity index is 548. The van der Waals surface area contributed by atoms with Crippen molar-refractivity contribution in [1.29, 1.82) is 0 Å². The lowest BCUT2D eigenvalue weighted by atomic mass is 10.1. The fourth-order valence-corrected chi connectivity index (χ4v) is 2.69. The molecule has 1 aromatic rings. The van der Waals surface area contributed by atoms with E-state index in [4.69, 9.17) is 16.3 Å². The first-order chi connectivity index (χ1) is 10.1. The third kappa shape index (κ3) is 3.47. The quantitative estimate of drug-likeness (QED) is 0.904. The summed E-state index contributed by atoms with van der Waals surface area (Å²) < 4.78 is 5.28. The molecule has 1 saturated heterocycles. The van der Waals surface area contributed by atoms with Gasteiger partial charge in [-0.05, 0) is 18.6 Å². The monoisotopic (exact) mass is 310 g/mol. The van der Waals surface area contributed by atoms with Gasteiger partial charge in [0.25, 0.3) is 0 Å². The predicted octanol–water partition coefficient (Wildman–Crippen LogP) is 1.98. The van der Waals surface area contributed by atoms with Gasteiger partial charge in [-0.3, -0.25) is 9.59 Å². The van der Waals surface area contributed by atoms with Gasteiger partial charge in [0.15, 0.2) is 0 Å². The Hall–Kier alpha value is -1.75. The van der Waals surface area contributed by atoms with E-state index in [0.29, 0.717) is 17.2 Å². The molecule has 0 radical (unpaired) electrons. The van der Waals surface area contributed by atoms with Crippen molar-refractivity contribution in [3.05, 3.63) is 28.8 Å². The molecule has 0 spiro atoms. The molecule has 2 rings (SSSR count). The molecule has 114 valence electrons. The summed E-state index contributed by atoms with van der Waals surface area (Å²) in [4.78, 5) is 25.7. The van der Waals surface area contributed by atoms with Gasteiger partial charge in [0.1, 0.15) is 11.8 Å². The number of carbonyl (C=O) groups is 2. The number of halogens is 1. The average molecular weight is 311 g/mol. The van der Waals surface area contributed by atoms with Crippen LogP contribution in [0.5, 0.6) is 5.75 Å². The summed E-state index contributed by atoms with van der Waals surface area (Å²) >= 11 is 6.19. The van der Waals surface area contributed by atoms with Crippen molar-refractivity contribution in [3.63, 3.8) is 0 Å². The molecule has 0 aliphatic carbocycles. The highest BCUT2D eigenvalue weighted by Gasteiger charge is 2.32. The summed E-state index contributed by atoms with van der Waals surface area (Å²) in [5.74, 6) is 0.408. The van der Waals surface area contributed by atoms with Crippen molar-refractivity contribution in [1.82, 2.24) is 10.2 Å². The Labute approximate surface area is 129 Å². The number of methoxy groups -OCH3 is 1. The zero-order chi connectivity index (χ0) is 15.4. The molecule has 21 heavy (non-hydrogen) atoms. The largest absolute Gasteiger partial charge is 0.496 e. The van der Waals surface area contributed by atoms with Crippen molar-refractivity contribution in [2.75, 3.05) is 13.7 Å². The summed E-state index contributed by atoms with van der Waals surface area (Å²) in [6.07, 6.45) is 1.47. The van der Waals surface area contributed by atoms with Gasteiger partial charge in [-0.15, -0.1) is 0 Å². The number of amides is 2. The molecule has 1 unspecified atom stereocenters. The molecule has 5 nitrogen and oxygen atoms in total. The van der Waals surface area contributed by atoms with Gasteiger partial charge < -0.3 is 15.0 Å². The number of carbonyl (C=O) groups excluding carboxylic acids is 2. The number of nitrogens with one attached hydrogen (secondary N) is 1. The Kier molecular flexibility index (Phi) is 5.07. The number of nitrogens with zero attached hydrogens (tertiary/aromatic N) is 1. The molecule has 1 aliphatic heterocycles. The summed E-state index contributed by atoms with van der Waals surface area (Å²) in [5, 5.41) is 3.26. The molecular weight excluding hydrogens is 292 g/mol. The van der Waals surface area contributed by atoms with Crippen molar-refractivity contribution in [2.24, 2.45) is 0 Å². The third-order valence-electron chi connectivity index (χ3n) is 3.50. The lowest BCUT2D eigenvalue weighted by Gasteiger charge is -2.33. The highest BCUT2D eigenvalue weighted by atomic mass is 35.5. The Balaban J connectivity index is 2.22. The number of benzene rings is 1. The van der Waals surface area contributed by atoms with E-state index < -0.39 is 6.04 Å². The molecule has 0 aromatic heterocycles. The van der Waals surface area contributed by atoms with Crippen molar-refractivity contribution < 1.29 is 14.3 Å². The van der Waals surface area contributed by atoms with Gasteiger partial charge in [-0.25, -0.2) is 0 Å². The van der Waals surface area contributed by atoms with Gasteiger partial charge in [-0.1, -0.05) is 31.0 Å². The van der Waals surface area contributed by atoms with E-state index in [1.165, 1.54) is 4.90 Å². The van der Waals surface area contributed by atoms with E-state index in [1.54, 1.807) is 25.3 Å². The van der Waals surface area contributed by atoms with Crippen LogP contribution in [-0.2, 0) is 16.1 Å². The molecule has 0 saturated carbocycles. The fourth-order valence-electron chi connectivity index (χ4n) is 2.47. The standard InChI is InChI=1S/C15H19ClN2O3/c1-3-5-12-15(20)18(9-14(19)17-12)8-10-11(16)6-4-7-13(10)21-2/h4,6-7,12H,3,5,8-9H2,1-2H3,(H,17,19). The number of hydrogen-bond acceptors (Lipinski definition) is 3. The van der Waals surface area contributed by atoms with Crippen molar-refractivity contribution in [2.45, 2.75) is 32.4 Å². The summed E-state index contributed by atoms with van der Waals surface area (Å²) in [6, 6.07) is 4.89. The summed E-state index contributed by atoms with van der Waals surface area (Å²) in [5.41, 5.74) is 0.722. The maximum atomic E-state index is 12.4. The minimum atomic E-state index is -0.440. The SMILES string of the molecule is CCCC1NC(=O)CN(Cc2c(Cl)cccc2OC)C1=O. The summed E-state index contributed by atoms with van der Waals surface area (Å²) in [6.45, 7) is 2.30. The molecular formula is C15H19ClN2O3. The molecule has 1 atom stereocenters. The van der Waals surface area contributed by atoms with Crippen molar-refractivity contribution >= 4 is 23.4 Å². The van der Waals surface area contributed by atoms with E-state index >= 15 is 0 Å². The van der Waals surface area contributed by atoms with E-state index in [9.17, 15) is 9.59 Å². The minimum absolute atomic E-state index is 0.0490. The van der Waals surface area contributed by atoms with E-state index in [1.807, 2.05) is 6.92 Å². The van der Waals surface area contributed by atoms with Crippen LogP contribution in [0.3, 0.4) is 0 Å². The number of ether oxygens (including phenoxy) is 1. The maximum Gasteiger partial charge on any atom is 0.245 e. The number of hydrogen-bond donors (Lipinski definition) is 1. The molecule has 1 aliphatic rings. The molecule has 6 heteroatoms. The first-order valence-electron chi connectivity index (χ1n) is 6.96. The highest BCUT2D eigenvalue weighted by molar-refractivity contribution is 6.31. The van der Waals surface area contributed by atoms with Crippen LogP contribution in [0.25, 0.3) is 0 Å². The zero-order valence-electron chi connectivity index (χ0n) is 12.2. The van der Waals surface area contributed by atoms with Gasteiger partial charge in [0.2, 0.25) is 11.8 Å². The van der Waals surface area contributed by atoms with Crippen LogP contribution in [0.1, 0.15) is 25.3 Å². The molecule has 1 fully saturated rings. The molecule has 0 bridgehead atoms. The Morgan fingerprint density at radius 3 is 2.86 bits per heavy atom. The maximum absolute atomic E-state index is 12.4. The second-order valence-electron chi connectivity index (χ2n) is 5.02. The van der Waals surface area contributed by atoms with Gasteiger partial charge >= 0.3 is 0 Å². The molecule has 2 amide bonds. The van der Waals surface area contributed by atoms with Crippen LogP contribution in [0.15, 0.2) is 18.2 Å². The van der Waals surface area contributed by atoms with Crippen LogP contribution in [0.4, 0.5) is 0 Å². The first kappa shape index (κ1) is 15.6. The Morgan fingerprint density at radius 1 is 1.43 bits per heavy atom. The second-order valence-corrected chi connectivity index (χ2v) is 5.43. The fraction of sp³-hybridized carbons (Fsp3) is 0.467. The predicted molar refractivity (Wildman–Crippen MR) is 80.3 cm³/mol. The van der Waals surface area contributed by atoms with Gasteiger partial charge in [0, 0.05) is 10.6 Å². The second kappa shape index (κ2) is 6.80. The van der Waals surface area contributed by atoms with E-state index in [2.05, 4.69) is 5.32 Å².